The van der Waals surface area contributed by atoms with E-state index in [2.05, 4.69) is 21.4 Å². The Hall–Kier alpha value is -3.39. The number of aromatic nitrogens is 2. The fourth-order valence-corrected chi connectivity index (χ4v) is 4.07. The molecule has 0 saturated heterocycles. The highest BCUT2D eigenvalue weighted by Gasteiger charge is 2.15. The summed E-state index contributed by atoms with van der Waals surface area (Å²) in [6.45, 7) is 0.372. The Morgan fingerprint density at radius 2 is 1.90 bits per heavy atom. The molecule has 152 valence electrons. The number of nitrogens with one attached hydrogen (secondary N) is 1. The van der Waals surface area contributed by atoms with Gasteiger partial charge in [0.15, 0.2) is 0 Å². The number of carbonyl (C=O) groups is 1. The molecule has 0 fully saturated rings. The Balaban J connectivity index is 1.47. The van der Waals surface area contributed by atoms with Crippen molar-refractivity contribution in [2.24, 2.45) is 0 Å². The van der Waals surface area contributed by atoms with Crippen LogP contribution in [-0.2, 0) is 4.79 Å². The second-order valence-electron chi connectivity index (χ2n) is 6.74. The van der Waals surface area contributed by atoms with Crippen molar-refractivity contribution in [3.8, 4) is 10.4 Å². The third kappa shape index (κ3) is 4.28. The van der Waals surface area contributed by atoms with Gasteiger partial charge in [-0.25, -0.2) is 18.7 Å². The first-order valence-corrected chi connectivity index (χ1v) is 10.1. The minimum Gasteiger partial charge on any atom is -0.359 e. The van der Waals surface area contributed by atoms with E-state index >= 15 is 0 Å². The van der Waals surface area contributed by atoms with Crippen molar-refractivity contribution in [1.82, 2.24) is 9.97 Å². The maximum Gasteiger partial charge on any atom is 0.226 e. The molecule has 0 aliphatic heterocycles. The maximum atomic E-state index is 13.7. The summed E-state index contributed by atoms with van der Waals surface area (Å²) < 4.78 is 26.7. The lowest BCUT2D eigenvalue weighted by Gasteiger charge is -2.18. The zero-order valence-corrected chi connectivity index (χ0v) is 16.9. The molecular weight excluding hydrogens is 406 g/mol. The summed E-state index contributed by atoms with van der Waals surface area (Å²) in [5, 5.41) is 3.38. The van der Waals surface area contributed by atoms with Crippen LogP contribution in [0, 0.1) is 11.6 Å². The average molecular weight is 424 g/mol. The normalized spacial score (nSPS) is 10.9. The second-order valence-corrected chi connectivity index (χ2v) is 7.77. The molecule has 4 aromatic rings. The van der Waals surface area contributed by atoms with Gasteiger partial charge in [0.05, 0.1) is 11.1 Å². The van der Waals surface area contributed by atoms with E-state index in [-0.39, 0.29) is 18.0 Å². The zero-order valence-electron chi connectivity index (χ0n) is 16.1. The van der Waals surface area contributed by atoms with Crippen LogP contribution < -0.4 is 10.2 Å². The van der Waals surface area contributed by atoms with E-state index in [1.54, 1.807) is 11.3 Å². The Labute approximate surface area is 176 Å². The van der Waals surface area contributed by atoms with Crippen LogP contribution in [0.25, 0.3) is 20.7 Å². The molecule has 0 aliphatic carbocycles. The molecule has 1 N–H and O–H groups in total. The number of hydrogen-bond acceptors (Lipinski definition) is 5. The molecule has 8 heteroatoms. The summed E-state index contributed by atoms with van der Waals surface area (Å²) in [4.78, 5) is 24.8. The van der Waals surface area contributed by atoms with Crippen LogP contribution >= 0.6 is 11.3 Å². The second kappa shape index (κ2) is 8.54. The smallest absolute Gasteiger partial charge is 0.226 e. The molecule has 0 saturated carbocycles. The molecule has 0 spiro atoms. The third-order valence-electron chi connectivity index (χ3n) is 4.61. The van der Waals surface area contributed by atoms with E-state index in [1.807, 2.05) is 42.3 Å². The molecule has 2 aromatic carbocycles. The lowest BCUT2D eigenvalue weighted by atomic mass is 10.2. The molecule has 0 bridgehead atoms. The molecule has 5 nitrogen and oxygen atoms in total. The number of benzene rings is 2. The zero-order chi connectivity index (χ0) is 21.1. The number of hydrogen-bond donors (Lipinski definition) is 1. The Morgan fingerprint density at radius 1 is 1.10 bits per heavy atom. The number of nitrogens with zero attached hydrogens (tertiary/aromatic N) is 3. The van der Waals surface area contributed by atoms with Gasteiger partial charge in [-0.1, -0.05) is 30.3 Å². The fraction of sp³-hybridized carbons (Fsp3) is 0.136. The Morgan fingerprint density at radius 3 is 2.67 bits per heavy atom. The summed E-state index contributed by atoms with van der Waals surface area (Å²) in [6.07, 6.45) is 1.63. The highest BCUT2D eigenvalue weighted by Crippen LogP contribution is 2.35. The average Bonchev–Trinajstić information content (AvgIpc) is 3.19. The van der Waals surface area contributed by atoms with Gasteiger partial charge in [-0.3, -0.25) is 4.79 Å². The number of fused-ring (bicyclic) bond motifs is 1. The van der Waals surface area contributed by atoms with E-state index in [0.29, 0.717) is 6.54 Å². The van der Waals surface area contributed by atoms with Crippen molar-refractivity contribution in [3.05, 3.63) is 72.6 Å². The van der Waals surface area contributed by atoms with Gasteiger partial charge in [0.25, 0.3) is 0 Å². The standard InChI is InChI=1S/C22H18F2N4OS/c1-28(10-9-20(29)27-18-8-7-15(23)11-17(18)24)21-16-12-19(14-5-3-2-4-6-14)30-22(16)26-13-25-21/h2-8,11-13H,9-10H2,1H3,(H,27,29). The molecule has 0 radical (unpaired) electrons. The van der Waals surface area contributed by atoms with Gasteiger partial charge in [-0.2, -0.15) is 0 Å². The van der Waals surface area contributed by atoms with E-state index in [9.17, 15) is 13.6 Å². The number of anilines is 2. The van der Waals surface area contributed by atoms with Crippen LogP contribution in [0.4, 0.5) is 20.3 Å². The van der Waals surface area contributed by atoms with Crippen molar-refractivity contribution in [2.75, 3.05) is 23.8 Å². The topological polar surface area (TPSA) is 58.1 Å². The van der Waals surface area contributed by atoms with Crippen LogP contribution in [0.15, 0.2) is 60.9 Å². The van der Waals surface area contributed by atoms with Gasteiger partial charge in [0, 0.05) is 31.0 Å². The SMILES string of the molecule is CN(CCC(=O)Nc1ccc(F)cc1F)c1ncnc2sc(-c3ccccc3)cc12. The molecule has 4 rings (SSSR count). The molecule has 0 atom stereocenters. The van der Waals surface area contributed by atoms with Crippen LogP contribution in [0.1, 0.15) is 6.42 Å². The van der Waals surface area contributed by atoms with Gasteiger partial charge < -0.3 is 10.2 Å². The molecule has 1 amide bonds. The van der Waals surface area contributed by atoms with E-state index in [1.165, 1.54) is 12.4 Å². The number of halogens is 2. The molecule has 2 aromatic heterocycles. The predicted octanol–water partition coefficient (Wildman–Crippen LogP) is 5.10. The van der Waals surface area contributed by atoms with Gasteiger partial charge in [-0.05, 0) is 23.8 Å². The summed E-state index contributed by atoms with van der Waals surface area (Å²) in [7, 11) is 1.84. The summed E-state index contributed by atoms with van der Waals surface area (Å²) in [5.41, 5.74) is 1.06. The molecule has 2 heterocycles. The number of amides is 1. The lowest BCUT2D eigenvalue weighted by molar-refractivity contribution is -0.116. The van der Waals surface area contributed by atoms with Crippen molar-refractivity contribution < 1.29 is 13.6 Å². The monoisotopic (exact) mass is 424 g/mol. The number of thiophene rings is 1. The van der Waals surface area contributed by atoms with Crippen molar-refractivity contribution >= 4 is 39.0 Å². The Bertz CT molecular complexity index is 1200. The minimum atomic E-state index is -0.805. The van der Waals surface area contributed by atoms with Gasteiger partial charge in [-0.15, -0.1) is 11.3 Å². The van der Waals surface area contributed by atoms with Crippen LogP contribution in [0.3, 0.4) is 0 Å². The van der Waals surface area contributed by atoms with Gasteiger partial charge >= 0.3 is 0 Å². The summed E-state index contributed by atoms with van der Waals surface area (Å²) >= 11 is 1.58. The number of rotatable bonds is 6. The lowest BCUT2D eigenvalue weighted by Crippen LogP contribution is -2.25. The van der Waals surface area contributed by atoms with Crippen molar-refractivity contribution in [1.29, 1.82) is 0 Å². The quantitative estimate of drug-likeness (QED) is 0.468. The van der Waals surface area contributed by atoms with Crippen molar-refractivity contribution in [2.45, 2.75) is 6.42 Å². The fourth-order valence-electron chi connectivity index (χ4n) is 3.07. The van der Waals surface area contributed by atoms with Crippen LogP contribution in [0.2, 0.25) is 0 Å². The first kappa shape index (κ1) is 19.9. The molecule has 0 unspecified atom stereocenters. The molecule has 30 heavy (non-hydrogen) atoms. The summed E-state index contributed by atoms with van der Waals surface area (Å²) in [5.74, 6) is -1.14. The highest BCUT2D eigenvalue weighted by atomic mass is 32.1. The first-order chi connectivity index (χ1) is 14.5. The highest BCUT2D eigenvalue weighted by molar-refractivity contribution is 7.21. The first-order valence-electron chi connectivity index (χ1n) is 9.27. The van der Waals surface area contributed by atoms with E-state index < -0.39 is 11.6 Å². The molecule has 0 aliphatic rings. The maximum absolute atomic E-state index is 13.7. The largest absolute Gasteiger partial charge is 0.359 e. The summed E-state index contributed by atoms with van der Waals surface area (Å²) in [6, 6.07) is 15.1. The van der Waals surface area contributed by atoms with E-state index in [4.69, 9.17) is 0 Å². The molecular formula is C22H18F2N4OS. The minimum absolute atomic E-state index is 0.0428. The Kier molecular flexibility index (Phi) is 5.67. The van der Waals surface area contributed by atoms with Crippen molar-refractivity contribution in [3.63, 3.8) is 0 Å². The predicted molar refractivity (Wildman–Crippen MR) is 116 cm³/mol. The van der Waals surface area contributed by atoms with Crippen LogP contribution in [-0.4, -0.2) is 29.5 Å². The van der Waals surface area contributed by atoms with E-state index in [0.717, 1.165) is 38.6 Å². The van der Waals surface area contributed by atoms with Gasteiger partial charge in [0.2, 0.25) is 5.91 Å². The third-order valence-corrected chi connectivity index (χ3v) is 5.70. The van der Waals surface area contributed by atoms with Crippen LogP contribution in [0.5, 0.6) is 0 Å². The van der Waals surface area contributed by atoms with Gasteiger partial charge in [0.1, 0.15) is 28.6 Å². The number of carbonyl (C=O) groups excluding carboxylic acids is 1.